The van der Waals surface area contributed by atoms with E-state index in [9.17, 15) is 4.79 Å². The van der Waals surface area contributed by atoms with E-state index in [1.54, 1.807) is 0 Å². The van der Waals surface area contributed by atoms with Gasteiger partial charge in [0.25, 0.3) is 0 Å². The summed E-state index contributed by atoms with van der Waals surface area (Å²) in [6.07, 6.45) is 4.91. The highest BCUT2D eigenvalue weighted by Crippen LogP contribution is 2.51. The molecule has 0 aromatic rings. The molecule has 1 heterocycles. The molecule has 2 saturated carbocycles. The van der Waals surface area contributed by atoms with E-state index in [-0.39, 0.29) is 17.5 Å². The Morgan fingerprint density at radius 1 is 1.33 bits per heavy atom. The van der Waals surface area contributed by atoms with Crippen LogP contribution < -0.4 is 10.6 Å². The van der Waals surface area contributed by atoms with E-state index in [2.05, 4.69) is 24.5 Å². The van der Waals surface area contributed by atoms with E-state index in [0.717, 1.165) is 38.6 Å². The second-order valence-corrected chi connectivity index (χ2v) is 7.32. The van der Waals surface area contributed by atoms with E-state index < -0.39 is 0 Å². The zero-order valence-electron chi connectivity index (χ0n) is 13.2. The fourth-order valence-electron chi connectivity index (χ4n) is 3.72. The summed E-state index contributed by atoms with van der Waals surface area (Å²) in [4.78, 5) is 12.0. The molecule has 0 aromatic carbocycles. The van der Waals surface area contributed by atoms with Crippen LogP contribution in [0.5, 0.6) is 0 Å². The minimum atomic E-state index is -0.0550. The van der Waals surface area contributed by atoms with Crippen LogP contribution in [0.1, 0.15) is 39.5 Å². The predicted octanol–water partition coefficient (Wildman–Crippen LogP) is 1.92. The lowest BCUT2D eigenvalue weighted by Gasteiger charge is -2.54. The summed E-state index contributed by atoms with van der Waals surface area (Å²) in [6, 6.07) is 0.178. The van der Waals surface area contributed by atoms with E-state index in [0.29, 0.717) is 18.6 Å². The molecule has 1 saturated heterocycles. The number of carbonyl (C=O) groups is 1. The van der Waals surface area contributed by atoms with Crippen molar-refractivity contribution in [3.63, 3.8) is 0 Å². The van der Waals surface area contributed by atoms with Crippen molar-refractivity contribution >= 4 is 6.03 Å². The van der Waals surface area contributed by atoms with Crippen molar-refractivity contribution in [3.05, 3.63) is 0 Å². The van der Waals surface area contributed by atoms with Gasteiger partial charge < -0.3 is 20.1 Å². The smallest absolute Gasteiger partial charge is 0.315 e. The maximum Gasteiger partial charge on any atom is 0.315 e. The number of ether oxygens (including phenoxy) is 2. The Morgan fingerprint density at radius 3 is 2.90 bits per heavy atom. The van der Waals surface area contributed by atoms with E-state index in [1.807, 2.05) is 0 Å². The zero-order valence-corrected chi connectivity index (χ0v) is 13.2. The van der Waals surface area contributed by atoms with Crippen molar-refractivity contribution in [3.8, 4) is 0 Å². The molecule has 0 spiro atoms. The number of carbonyl (C=O) groups excluding carboxylic acids is 1. The van der Waals surface area contributed by atoms with Crippen molar-refractivity contribution in [2.24, 2.45) is 17.3 Å². The van der Waals surface area contributed by atoms with Gasteiger partial charge in [0.1, 0.15) is 0 Å². The van der Waals surface area contributed by atoms with Gasteiger partial charge in [-0.25, -0.2) is 4.79 Å². The molecule has 3 rings (SSSR count). The van der Waals surface area contributed by atoms with Crippen LogP contribution in [0.2, 0.25) is 0 Å². The third-order valence-electron chi connectivity index (χ3n) is 5.19. The van der Waals surface area contributed by atoms with Gasteiger partial charge in [-0.15, -0.1) is 0 Å². The molecular weight excluding hydrogens is 268 g/mol. The van der Waals surface area contributed by atoms with Gasteiger partial charge in [0.15, 0.2) is 0 Å². The van der Waals surface area contributed by atoms with Gasteiger partial charge in [-0.3, -0.25) is 0 Å². The van der Waals surface area contributed by atoms with Crippen molar-refractivity contribution in [2.45, 2.75) is 51.7 Å². The monoisotopic (exact) mass is 296 g/mol. The molecule has 0 bridgehead atoms. The normalized spacial score (nSPS) is 33.1. The molecule has 5 heteroatoms. The first kappa shape index (κ1) is 15.1. The van der Waals surface area contributed by atoms with Gasteiger partial charge >= 0.3 is 6.03 Å². The van der Waals surface area contributed by atoms with Gasteiger partial charge in [0.05, 0.1) is 6.10 Å². The van der Waals surface area contributed by atoms with Gasteiger partial charge in [-0.05, 0) is 31.6 Å². The minimum absolute atomic E-state index is 0.0475. The SMILES string of the molecule is CC1(C)[C@H](NC(=O)NCCCOCC2CC2)[C@@H]2CCO[C@H]21. The molecule has 2 amide bonds. The van der Waals surface area contributed by atoms with Crippen molar-refractivity contribution < 1.29 is 14.3 Å². The van der Waals surface area contributed by atoms with Crippen LogP contribution in [0.3, 0.4) is 0 Å². The predicted molar refractivity (Wildman–Crippen MR) is 80.1 cm³/mol. The molecule has 3 fully saturated rings. The molecule has 3 aliphatic rings. The number of hydrogen-bond donors (Lipinski definition) is 2. The van der Waals surface area contributed by atoms with Crippen molar-refractivity contribution in [2.75, 3.05) is 26.4 Å². The fraction of sp³-hybridized carbons (Fsp3) is 0.938. The van der Waals surface area contributed by atoms with Crippen LogP contribution in [-0.2, 0) is 9.47 Å². The van der Waals surface area contributed by atoms with Crippen LogP contribution >= 0.6 is 0 Å². The molecule has 3 atom stereocenters. The van der Waals surface area contributed by atoms with Gasteiger partial charge in [0, 0.05) is 43.7 Å². The number of amides is 2. The van der Waals surface area contributed by atoms with Crippen LogP contribution in [0.15, 0.2) is 0 Å². The maximum atomic E-state index is 12.0. The lowest BCUT2D eigenvalue weighted by atomic mass is 9.57. The number of urea groups is 1. The second kappa shape index (κ2) is 6.13. The van der Waals surface area contributed by atoms with Crippen LogP contribution in [0, 0.1) is 17.3 Å². The molecule has 0 radical (unpaired) electrons. The van der Waals surface area contributed by atoms with E-state index in [1.165, 1.54) is 12.8 Å². The molecule has 120 valence electrons. The molecule has 21 heavy (non-hydrogen) atoms. The summed E-state index contributed by atoms with van der Waals surface area (Å²) in [5, 5.41) is 6.06. The third kappa shape index (κ3) is 3.34. The quantitative estimate of drug-likeness (QED) is 0.706. The van der Waals surface area contributed by atoms with E-state index in [4.69, 9.17) is 9.47 Å². The molecule has 5 nitrogen and oxygen atoms in total. The Kier molecular flexibility index (Phi) is 4.41. The Hall–Kier alpha value is -0.810. The first-order chi connectivity index (χ1) is 10.1. The fourth-order valence-corrected chi connectivity index (χ4v) is 3.72. The third-order valence-corrected chi connectivity index (χ3v) is 5.19. The Labute approximate surface area is 127 Å². The number of nitrogens with one attached hydrogen (secondary N) is 2. The molecule has 0 aromatic heterocycles. The molecule has 2 aliphatic carbocycles. The average Bonchev–Trinajstić information content (AvgIpc) is 3.15. The first-order valence-corrected chi connectivity index (χ1v) is 8.33. The molecule has 0 unspecified atom stereocenters. The highest BCUT2D eigenvalue weighted by Gasteiger charge is 2.59. The van der Waals surface area contributed by atoms with Crippen molar-refractivity contribution in [1.29, 1.82) is 0 Å². The Bertz CT molecular complexity index is 382. The highest BCUT2D eigenvalue weighted by atomic mass is 16.5. The lowest BCUT2D eigenvalue weighted by molar-refractivity contribution is -0.108. The number of rotatable bonds is 7. The minimum Gasteiger partial charge on any atom is -0.381 e. The standard InChI is InChI=1S/C16H28N2O3/c1-16(2)13(12-6-9-21-14(12)16)18-15(19)17-7-3-8-20-10-11-4-5-11/h11-14H,3-10H2,1-2H3,(H2,17,18,19)/t12-,13+,14+/m0/s1. The summed E-state index contributed by atoms with van der Waals surface area (Å²) in [7, 11) is 0. The van der Waals surface area contributed by atoms with Crippen LogP contribution in [0.25, 0.3) is 0 Å². The molecular formula is C16H28N2O3. The average molecular weight is 296 g/mol. The zero-order chi connectivity index (χ0) is 14.9. The van der Waals surface area contributed by atoms with Crippen molar-refractivity contribution in [1.82, 2.24) is 10.6 Å². The topological polar surface area (TPSA) is 59.6 Å². The maximum absolute atomic E-state index is 12.0. The summed E-state index contributed by atoms with van der Waals surface area (Å²) in [6.45, 7) is 7.49. The largest absolute Gasteiger partial charge is 0.381 e. The summed E-state index contributed by atoms with van der Waals surface area (Å²) < 4.78 is 11.3. The molecule has 1 aliphatic heterocycles. The summed E-state index contributed by atoms with van der Waals surface area (Å²) in [5.74, 6) is 1.30. The van der Waals surface area contributed by atoms with Crippen LogP contribution in [-0.4, -0.2) is 44.5 Å². The second-order valence-electron chi connectivity index (χ2n) is 7.32. The van der Waals surface area contributed by atoms with Gasteiger partial charge in [-0.1, -0.05) is 13.8 Å². The van der Waals surface area contributed by atoms with Gasteiger partial charge in [0.2, 0.25) is 0 Å². The van der Waals surface area contributed by atoms with Crippen LogP contribution in [0.4, 0.5) is 4.79 Å². The summed E-state index contributed by atoms with van der Waals surface area (Å²) >= 11 is 0. The Balaban J connectivity index is 1.29. The van der Waals surface area contributed by atoms with Gasteiger partial charge in [-0.2, -0.15) is 0 Å². The molecule has 2 N–H and O–H groups in total. The Morgan fingerprint density at radius 2 is 2.14 bits per heavy atom. The summed E-state index contributed by atoms with van der Waals surface area (Å²) in [5.41, 5.74) is 0.0475. The van der Waals surface area contributed by atoms with E-state index >= 15 is 0 Å². The number of hydrogen-bond acceptors (Lipinski definition) is 3. The first-order valence-electron chi connectivity index (χ1n) is 8.33. The lowest BCUT2D eigenvalue weighted by Crippen LogP contribution is -2.67. The number of fused-ring (bicyclic) bond motifs is 1. The highest BCUT2D eigenvalue weighted by molar-refractivity contribution is 5.74.